The van der Waals surface area contributed by atoms with Crippen LogP contribution in [-0.4, -0.2) is 18.6 Å². The number of nitrogens with two attached hydrogens (primary N) is 1. The maximum Gasteiger partial charge on any atom is 0.257 e. The Morgan fingerprint density at radius 1 is 1.37 bits per heavy atom. The summed E-state index contributed by atoms with van der Waals surface area (Å²) in [6, 6.07) is 5.37. The van der Waals surface area contributed by atoms with Crippen LogP contribution in [0.3, 0.4) is 0 Å². The molecule has 1 rings (SSSR count). The molecule has 1 aromatic carbocycles. The second-order valence-electron chi connectivity index (χ2n) is 4.80. The van der Waals surface area contributed by atoms with Crippen LogP contribution in [0.15, 0.2) is 18.2 Å². The number of carbonyl (C=O) groups is 1. The van der Waals surface area contributed by atoms with E-state index in [-0.39, 0.29) is 11.9 Å². The lowest BCUT2D eigenvalue weighted by atomic mass is 10.0. The van der Waals surface area contributed by atoms with Crippen LogP contribution < -0.4 is 15.8 Å². The average molecular weight is 264 g/mol. The second kappa shape index (κ2) is 7.02. The van der Waals surface area contributed by atoms with E-state index in [2.05, 4.69) is 19.2 Å². The molecule has 0 bridgehead atoms. The Labute approximate surface area is 115 Å². The zero-order valence-corrected chi connectivity index (χ0v) is 12.2. The maximum absolute atomic E-state index is 12.3. The lowest BCUT2D eigenvalue weighted by Gasteiger charge is -2.21. The summed E-state index contributed by atoms with van der Waals surface area (Å²) >= 11 is 0. The molecule has 0 fully saturated rings. The number of hydrogen-bond donors (Lipinski definition) is 2. The molecule has 0 radical (unpaired) electrons. The lowest BCUT2D eigenvalue weighted by molar-refractivity contribution is 0.0925. The minimum Gasteiger partial charge on any atom is -0.493 e. The summed E-state index contributed by atoms with van der Waals surface area (Å²) < 4.78 is 5.47. The molecule has 0 saturated carbocycles. The predicted molar refractivity (Wildman–Crippen MR) is 78.4 cm³/mol. The van der Waals surface area contributed by atoms with E-state index in [1.54, 1.807) is 18.2 Å². The lowest BCUT2D eigenvalue weighted by Crippen LogP contribution is -2.37. The van der Waals surface area contributed by atoms with Crippen LogP contribution in [-0.2, 0) is 0 Å². The fourth-order valence-electron chi connectivity index (χ4n) is 1.84. The molecule has 0 aliphatic carbocycles. The van der Waals surface area contributed by atoms with Crippen LogP contribution in [0.25, 0.3) is 0 Å². The Kier molecular flexibility index (Phi) is 5.67. The van der Waals surface area contributed by atoms with Crippen LogP contribution in [0.4, 0.5) is 5.69 Å². The van der Waals surface area contributed by atoms with Crippen LogP contribution in [0, 0.1) is 5.92 Å². The third-order valence-electron chi connectivity index (χ3n) is 3.44. The summed E-state index contributed by atoms with van der Waals surface area (Å²) in [4.78, 5) is 12.3. The number of benzene rings is 1. The standard InChI is InChI=1S/C15H24N2O2/c1-5-10(3)11(4)17-15(18)14-12(16)8-7-9-13(14)19-6-2/h7-11H,5-6,16H2,1-4H3,(H,17,18). The molecule has 2 atom stereocenters. The van der Waals surface area contributed by atoms with Crippen LogP contribution in [0.2, 0.25) is 0 Å². The van der Waals surface area contributed by atoms with Gasteiger partial charge in [0.25, 0.3) is 5.91 Å². The molecule has 0 aromatic heterocycles. The molecule has 1 amide bonds. The van der Waals surface area contributed by atoms with Gasteiger partial charge in [0.15, 0.2) is 0 Å². The molecule has 19 heavy (non-hydrogen) atoms. The van der Waals surface area contributed by atoms with Crippen molar-refractivity contribution in [2.45, 2.75) is 40.2 Å². The van der Waals surface area contributed by atoms with E-state index in [1.165, 1.54) is 0 Å². The molecule has 0 heterocycles. The summed E-state index contributed by atoms with van der Waals surface area (Å²) in [7, 11) is 0. The van der Waals surface area contributed by atoms with Crippen LogP contribution in [0.5, 0.6) is 5.75 Å². The van der Waals surface area contributed by atoms with Gasteiger partial charge in [-0.3, -0.25) is 4.79 Å². The third-order valence-corrected chi connectivity index (χ3v) is 3.44. The second-order valence-corrected chi connectivity index (χ2v) is 4.80. The van der Waals surface area contributed by atoms with E-state index in [1.807, 2.05) is 13.8 Å². The molecular formula is C15H24N2O2. The van der Waals surface area contributed by atoms with Gasteiger partial charge in [-0.15, -0.1) is 0 Å². The number of rotatable bonds is 6. The van der Waals surface area contributed by atoms with E-state index >= 15 is 0 Å². The molecule has 0 aliphatic heterocycles. The van der Waals surface area contributed by atoms with Crippen molar-refractivity contribution in [1.82, 2.24) is 5.32 Å². The molecule has 106 valence electrons. The largest absolute Gasteiger partial charge is 0.493 e. The maximum atomic E-state index is 12.3. The molecule has 2 unspecified atom stereocenters. The van der Waals surface area contributed by atoms with E-state index in [0.717, 1.165) is 6.42 Å². The Balaban J connectivity index is 2.92. The molecule has 4 nitrogen and oxygen atoms in total. The van der Waals surface area contributed by atoms with E-state index in [9.17, 15) is 4.79 Å². The monoisotopic (exact) mass is 264 g/mol. The normalized spacial score (nSPS) is 13.7. The zero-order valence-electron chi connectivity index (χ0n) is 12.2. The number of hydrogen-bond acceptors (Lipinski definition) is 3. The van der Waals surface area contributed by atoms with E-state index in [0.29, 0.717) is 29.5 Å². The van der Waals surface area contributed by atoms with Crippen molar-refractivity contribution in [3.05, 3.63) is 23.8 Å². The van der Waals surface area contributed by atoms with Gasteiger partial charge in [0, 0.05) is 11.7 Å². The van der Waals surface area contributed by atoms with Crippen molar-refractivity contribution >= 4 is 11.6 Å². The number of anilines is 1. The first-order valence-electron chi connectivity index (χ1n) is 6.83. The van der Waals surface area contributed by atoms with Gasteiger partial charge < -0.3 is 15.8 Å². The Hall–Kier alpha value is -1.71. The number of carbonyl (C=O) groups excluding carboxylic acids is 1. The summed E-state index contributed by atoms with van der Waals surface area (Å²) in [5, 5.41) is 2.99. The smallest absolute Gasteiger partial charge is 0.257 e. The van der Waals surface area contributed by atoms with Crippen molar-refractivity contribution in [3.63, 3.8) is 0 Å². The summed E-state index contributed by atoms with van der Waals surface area (Å²) in [5.41, 5.74) is 6.77. The summed E-state index contributed by atoms with van der Waals surface area (Å²) in [6.07, 6.45) is 1.02. The molecule has 0 spiro atoms. The van der Waals surface area contributed by atoms with Gasteiger partial charge in [-0.1, -0.05) is 26.3 Å². The first kappa shape index (κ1) is 15.3. The van der Waals surface area contributed by atoms with Gasteiger partial charge >= 0.3 is 0 Å². The molecule has 0 aliphatic rings. The van der Waals surface area contributed by atoms with E-state index in [4.69, 9.17) is 10.5 Å². The van der Waals surface area contributed by atoms with Crippen molar-refractivity contribution in [3.8, 4) is 5.75 Å². The minimum atomic E-state index is -0.172. The Bertz CT molecular complexity index is 432. The van der Waals surface area contributed by atoms with Crippen molar-refractivity contribution in [2.75, 3.05) is 12.3 Å². The molecule has 4 heteroatoms. The summed E-state index contributed by atoms with van der Waals surface area (Å²) in [6.45, 7) is 8.61. The number of ether oxygens (including phenoxy) is 1. The number of amides is 1. The third kappa shape index (κ3) is 3.88. The molecule has 0 saturated heterocycles. The predicted octanol–water partition coefficient (Wildman–Crippen LogP) is 2.83. The molecule has 1 aromatic rings. The average Bonchev–Trinajstić information content (AvgIpc) is 2.38. The fraction of sp³-hybridized carbons (Fsp3) is 0.533. The van der Waals surface area contributed by atoms with Crippen molar-refractivity contribution < 1.29 is 9.53 Å². The highest BCUT2D eigenvalue weighted by atomic mass is 16.5. The highest BCUT2D eigenvalue weighted by molar-refractivity contribution is 6.02. The first-order chi connectivity index (χ1) is 9.01. The first-order valence-corrected chi connectivity index (χ1v) is 6.83. The Morgan fingerprint density at radius 2 is 2.05 bits per heavy atom. The summed E-state index contributed by atoms with van der Waals surface area (Å²) in [5.74, 6) is 0.787. The fourth-order valence-corrected chi connectivity index (χ4v) is 1.84. The molecular weight excluding hydrogens is 240 g/mol. The van der Waals surface area contributed by atoms with Gasteiger partial charge in [0.05, 0.1) is 6.61 Å². The van der Waals surface area contributed by atoms with Gasteiger partial charge in [-0.25, -0.2) is 0 Å². The molecule has 3 N–H and O–H groups in total. The van der Waals surface area contributed by atoms with Gasteiger partial charge in [-0.05, 0) is 31.9 Å². The van der Waals surface area contributed by atoms with Gasteiger partial charge in [-0.2, -0.15) is 0 Å². The SMILES string of the molecule is CCOc1cccc(N)c1C(=O)NC(C)C(C)CC. The topological polar surface area (TPSA) is 64.3 Å². The highest BCUT2D eigenvalue weighted by Crippen LogP contribution is 2.24. The number of nitrogen functional groups attached to an aromatic ring is 1. The quantitative estimate of drug-likeness (QED) is 0.776. The van der Waals surface area contributed by atoms with Crippen molar-refractivity contribution in [2.24, 2.45) is 5.92 Å². The zero-order chi connectivity index (χ0) is 14.4. The minimum absolute atomic E-state index is 0.103. The van der Waals surface area contributed by atoms with Gasteiger partial charge in [0.1, 0.15) is 11.3 Å². The Morgan fingerprint density at radius 3 is 2.63 bits per heavy atom. The van der Waals surface area contributed by atoms with Crippen LogP contribution >= 0.6 is 0 Å². The highest BCUT2D eigenvalue weighted by Gasteiger charge is 2.19. The van der Waals surface area contributed by atoms with Crippen LogP contribution in [0.1, 0.15) is 44.5 Å². The van der Waals surface area contributed by atoms with Crippen molar-refractivity contribution in [1.29, 1.82) is 0 Å². The number of nitrogens with one attached hydrogen (secondary N) is 1. The van der Waals surface area contributed by atoms with Gasteiger partial charge in [0.2, 0.25) is 0 Å². The van der Waals surface area contributed by atoms with E-state index < -0.39 is 0 Å².